The summed E-state index contributed by atoms with van der Waals surface area (Å²) in [6, 6.07) is 22.6. The van der Waals surface area contributed by atoms with E-state index in [0.29, 0.717) is 6.71 Å². The van der Waals surface area contributed by atoms with Crippen LogP contribution in [-0.4, -0.2) is 6.71 Å². The van der Waals surface area contributed by atoms with Crippen LogP contribution in [0.5, 0.6) is 0 Å². The minimum Gasteiger partial charge on any atom is -0.0664 e. The van der Waals surface area contributed by atoms with E-state index in [1.165, 1.54) is 57.0 Å². The fourth-order valence-electron chi connectivity index (χ4n) is 4.56. The van der Waals surface area contributed by atoms with E-state index >= 15 is 0 Å². The maximum Gasteiger partial charge on any atom is 0.243 e. The van der Waals surface area contributed by atoms with Gasteiger partial charge in [-0.1, -0.05) is 119 Å². The van der Waals surface area contributed by atoms with Crippen molar-refractivity contribution in [1.82, 2.24) is 0 Å². The van der Waals surface area contributed by atoms with Crippen LogP contribution in [0.1, 0.15) is 47.6 Å². The first-order chi connectivity index (χ1) is 13.2. The molecule has 134 valence electrons. The number of aryl methyl sites for hydroxylation is 3. The van der Waals surface area contributed by atoms with Crippen molar-refractivity contribution in [2.45, 2.75) is 40.0 Å². The first-order valence-electron chi connectivity index (χ1n) is 10.1. The zero-order valence-electron chi connectivity index (χ0n) is 16.6. The SMILES string of the molecule is CCCCc1cc(C)cc(C)c1B1c2ccccc2C=Cc2ccccc21. The molecule has 0 nitrogen and oxygen atoms in total. The Balaban J connectivity index is 2.00. The third kappa shape index (κ3) is 3.39. The van der Waals surface area contributed by atoms with E-state index in [9.17, 15) is 0 Å². The van der Waals surface area contributed by atoms with Gasteiger partial charge in [-0.2, -0.15) is 0 Å². The van der Waals surface area contributed by atoms with Gasteiger partial charge in [0.1, 0.15) is 0 Å². The molecular formula is C26H27B. The van der Waals surface area contributed by atoms with Crippen molar-refractivity contribution in [1.29, 1.82) is 0 Å². The maximum absolute atomic E-state index is 2.42. The molecule has 1 aliphatic heterocycles. The van der Waals surface area contributed by atoms with Gasteiger partial charge in [0.15, 0.2) is 0 Å². The lowest BCUT2D eigenvalue weighted by molar-refractivity contribution is 0.796. The van der Waals surface area contributed by atoms with E-state index in [2.05, 4.69) is 93.6 Å². The van der Waals surface area contributed by atoms with Crippen LogP contribution in [0, 0.1) is 13.8 Å². The number of rotatable bonds is 4. The first kappa shape index (κ1) is 17.9. The Morgan fingerprint density at radius 2 is 1.37 bits per heavy atom. The average molecular weight is 350 g/mol. The fraction of sp³-hybridized carbons (Fsp3) is 0.231. The molecule has 0 saturated heterocycles. The molecule has 0 radical (unpaired) electrons. The number of fused-ring (bicyclic) bond motifs is 2. The van der Waals surface area contributed by atoms with Gasteiger partial charge in [-0.15, -0.1) is 0 Å². The van der Waals surface area contributed by atoms with Crippen molar-refractivity contribution in [2.24, 2.45) is 0 Å². The highest BCUT2D eigenvalue weighted by Gasteiger charge is 2.30. The first-order valence-corrected chi connectivity index (χ1v) is 10.1. The second kappa shape index (κ2) is 7.60. The second-order valence-electron chi connectivity index (χ2n) is 7.78. The zero-order chi connectivity index (χ0) is 18.8. The van der Waals surface area contributed by atoms with Crippen molar-refractivity contribution in [3.8, 4) is 0 Å². The standard InChI is InChI=1S/C26H27B/c1-4-5-10-23-18-19(2)17-20(3)26(23)27-24-13-8-6-11-21(24)15-16-22-12-7-9-14-25(22)27/h6-9,11-18H,4-5,10H2,1-3H3. The van der Waals surface area contributed by atoms with Crippen LogP contribution in [0.15, 0.2) is 60.7 Å². The Hall–Kier alpha value is -2.54. The summed E-state index contributed by atoms with van der Waals surface area (Å²) >= 11 is 0. The number of benzene rings is 3. The molecule has 1 aliphatic rings. The molecule has 0 fully saturated rings. The van der Waals surface area contributed by atoms with Crippen molar-refractivity contribution in [3.63, 3.8) is 0 Å². The van der Waals surface area contributed by atoms with Crippen molar-refractivity contribution in [2.75, 3.05) is 0 Å². The molecule has 0 N–H and O–H groups in total. The van der Waals surface area contributed by atoms with Crippen LogP contribution in [0.2, 0.25) is 0 Å². The third-order valence-electron chi connectivity index (χ3n) is 5.76. The number of hydrogen-bond acceptors (Lipinski definition) is 0. The van der Waals surface area contributed by atoms with Crippen molar-refractivity contribution < 1.29 is 0 Å². The molecule has 0 bridgehead atoms. The summed E-state index contributed by atoms with van der Waals surface area (Å²) in [6.07, 6.45) is 8.19. The molecule has 0 amide bonds. The van der Waals surface area contributed by atoms with Gasteiger partial charge in [0, 0.05) is 0 Å². The smallest absolute Gasteiger partial charge is 0.0664 e. The minimum absolute atomic E-state index is 0.292. The van der Waals surface area contributed by atoms with Crippen LogP contribution in [0.4, 0.5) is 0 Å². The Morgan fingerprint density at radius 1 is 0.778 bits per heavy atom. The van der Waals surface area contributed by atoms with E-state index < -0.39 is 0 Å². The Bertz CT molecular complexity index is 947. The van der Waals surface area contributed by atoms with Crippen LogP contribution in [0.25, 0.3) is 12.2 Å². The molecule has 0 unspecified atom stereocenters. The normalized spacial score (nSPS) is 12.5. The largest absolute Gasteiger partial charge is 0.243 e. The van der Waals surface area contributed by atoms with Crippen LogP contribution in [0.3, 0.4) is 0 Å². The van der Waals surface area contributed by atoms with Crippen LogP contribution >= 0.6 is 0 Å². The van der Waals surface area contributed by atoms with Gasteiger partial charge >= 0.3 is 0 Å². The quantitative estimate of drug-likeness (QED) is 0.470. The van der Waals surface area contributed by atoms with E-state index in [1.54, 1.807) is 0 Å². The van der Waals surface area contributed by atoms with E-state index in [-0.39, 0.29) is 0 Å². The maximum atomic E-state index is 2.42. The molecule has 3 aromatic rings. The molecule has 0 aliphatic carbocycles. The van der Waals surface area contributed by atoms with Gasteiger partial charge in [-0.25, -0.2) is 0 Å². The van der Waals surface area contributed by atoms with E-state index in [4.69, 9.17) is 0 Å². The second-order valence-corrected chi connectivity index (χ2v) is 7.78. The van der Waals surface area contributed by atoms with E-state index in [0.717, 1.165) is 6.42 Å². The third-order valence-corrected chi connectivity index (χ3v) is 5.76. The molecule has 1 heteroatoms. The zero-order valence-corrected chi connectivity index (χ0v) is 16.6. The lowest BCUT2D eigenvalue weighted by Crippen LogP contribution is -2.55. The van der Waals surface area contributed by atoms with Gasteiger partial charge in [-0.05, 0) is 37.8 Å². The topological polar surface area (TPSA) is 0 Å². The highest BCUT2D eigenvalue weighted by atomic mass is 14.1. The summed E-state index contributed by atoms with van der Waals surface area (Å²) < 4.78 is 0. The van der Waals surface area contributed by atoms with Gasteiger partial charge < -0.3 is 0 Å². The summed E-state index contributed by atoms with van der Waals surface area (Å²) in [6.45, 7) is 7.09. The molecule has 0 spiro atoms. The lowest BCUT2D eigenvalue weighted by atomic mass is 9.34. The molecule has 0 aromatic heterocycles. The van der Waals surface area contributed by atoms with Crippen LogP contribution < -0.4 is 16.4 Å². The number of hydrogen-bond donors (Lipinski definition) is 0. The van der Waals surface area contributed by atoms with Gasteiger partial charge in [-0.3, -0.25) is 0 Å². The Kier molecular flexibility index (Phi) is 5.03. The minimum atomic E-state index is 0.292. The summed E-state index contributed by atoms with van der Waals surface area (Å²) in [5.41, 5.74) is 11.3. The number of unbranched alkanes of at least 4 members (excludes halogenated alkanes) is 1. The molecule has 0 atom stereocenters. The average Bonchev–Trinajstić information content (AvgIpc) is 2.83. The summed E-state index contributed by atoms with van der Waals surface area (Å²) in [4.78, 5) is 0. The van der Waals surface area contributed by atoms with Crippen molar-refractivity contribution >= 4 is 35.3 Å². The lowest BCUT2D eigenvalue weighted by Gasteiger charge is -2.24. The van der Waals surface area contributed by atoms with E-state index in [1.807, 2.05) is 0 Å². The molecule has 27 heavy (non-hydrogen) atoms. The predicted octanol–water partition coefficient (Wildman–Crippen LogP) is 4.65. The summed E-state index contributed by atoms with van der Waals surface area (Å²) in [5, 5.41) is 0. The van der Waals surface area contributed by atoms with Crippen LogP contribution in [-0.2, 0) is 6.42 Å². The Morgan fingerprint density at radius 3 is 1.96 bits per heavy atom. The molecular weight excluding hydrogens is 323 g/mol. The van der Waals surface area contributed by atoms with Gasteiger partial charge in [0.2, 0.25) is 6.71 Å². The highest BCUT2D eigenvalue weighted by Crippen LogP contribution is 2.17. The van der Waals surface area contributed by atoms with Gasteiger partial charge in [0.05, 0.1) is 0 Å². The molecule has 3 aromatic carbocycles. The molecule has 4 rings (SSSR count). The summed E-state index contributed by atoms with van der Waals surface area (Å²) in [7, 11) is 0. The fourth-order valence-corrected chi connectivity index (χ4v) is 4.56. The molecule has 0 saturated carbocycles. The van der Waals surface area contributed by atoms with Crippen molar-refractivity contribution in [3.05, 3.63) is 88.5 Å². The highest BCUT2D eigenvalue weighted by molar-refractivity contribution is 6.97. The van der Waals surface area contributed by atoms with Gasteiger partial charge in [0.25, 0.3) is 0 Å². The molecule has 1 heterocycles. The monoisotopic (exact) mass is 350 g/mol. The summed E-state index contributed by atoms with van der Waals surface area (Å²) in [5.74, 6) is 0. The predicted molar refractivity (Wildman–Crippen MR) is 121 cm³/mol. The Labute approximate surface area is 164 Å².